The molecule has 6 nitrogen and oxygen atoms in total. The summed E-state index contributed by atoms with van der Waals surface area (Å²) in [7, 11) is 3.32. The maximum absolute atomic E-state index is 12.4. The molecule has 2 aromatic carbocycles. The van der Waals surface area contributed by atoms with Crippen molar-refractivity contribution in [1.82, 2.24) is 9.55 Å². The van der Waals surface area contributed by atoms with E-state index in [1.54, 1.807) is 0 Å². The van der Waals surface area contributed by atoms with E-state index in [1.165, 1.54) is 12.7 Å². The Morgan fingerprint density at radius 1 is 1.11 bits per heavy atom. The predicted molar refractivity (Wildman–Crippen MR) is 109 cm³/mol. The Morgan fingerprint density at radius 2 is 1.86 bits per heavy atom. The molecule has 0 aliphatic carbocycles. The van der Waals surface area contributed by atoms with Crippen molar-refractivity contribution in [2.24, 2.45) is 12.8 Å². The van der Waals surface area contributed by atoms with E-state index in [0.717, 1.165) is 28.8 Å². The Balaban J connectivity index is 1.81. The first-order chi connectivity index (χ1) is 13.5. The van der Waals surface area contributed by atoms with E-state index in [4.69, 9.17) is 10.7 Å². The van der Waals surface area contributed by atoms with Crippen molar-refractivity contribution < 1.29 is 14.3 Å². The van der Waals surface area contributed by atoms with Crippen molar-refractivity contribution in [2.45, 2.75) is 25.7 Å². The van der Waals surface area contributed by atoms with Crippen molar-refractivity contribution in [2.75, 3.05) is 13.7 Å². The molecule has 0 aliphatic heterocycles. The molecule has 0 saturated carbocycles. The van der Waals surface area contributed by atoms with E-state index in [0.29, 0.717) is 24.9 Å². The van der Waals surface area contributed by atoms with Gasteiger partial charge in [0.2, 0.25) is 0 Å². The van der Waals surface area contributed by atoms with E-state index < -0.39 is 0 Å². The molecular weight excluding hydrogens is 354 g/mol. The lowest BCUT2D eigenvalue weighted by Crippen LogP contribution is -2.03. The molecule has 0 atom stereocenters. The van der Waals surface area contributed by atoms with Crippen LogP contribution in [0.25, 0.3) is 22.4 Å². The van der Waals surface area contributed by atoms with Crippen LogP contribution in [0.5, 0.6) is 0 Å². The van der Waals surface area contributed by atoms with Gasteiger partial charge in [-0.3, -0.25) is 9.59 Å². The van der Waals surface area contributed by atoms with Crippen LogP contribution in [0.2, 0.25) is 0 Å². The molecule has 3 aromatic rings. The minimum absolute atomic E-state index is 0.00384. The lowest BCUT2D eigenvalue weighted by atomic mass is 10.0. The predicted octanol–water partition coefficient (Wildman–Crippen LogP) is 3.27. The number of nitrogens with zero attached hydrogens (tertiary/aromatic N) is 2. The monoisotopic (exact) mass is 379 g/mol. The summed E-state index contributed by atoms with van der Waals surface area (Å²) in [6.45, 7) is 0.627. The lowest BCUT2D eigenvalue weighted by Gasteiger charge is -2.04. The number of rotatable bonds is 8. The van der Waals surface area contributed by atoms with Crippen molar-refractivity contribution in [3.05, 3.63) is 53.6 Å². The number of benzene rings is 2. The average molecular weight is 379 g/mol. The molecular formula is C22H25N3O3. The highest BCUT2D eigenvalue weighted by molar-refractivity contribution is 5.99. The fourth-order valence-electron chi connectivity index (χ4n) is 3.26. The summed E-state index contributed by atoms with van der Waals surface area (Å²) in [5.74, 6) is 0.559. The van der Waals surface area contributed by atoms with E-state index >= 15 is 0 Å². The number of carbonyl (C=O) groups is 2. The van der Waals surface area contributed by atoms with Gasteiger partial charge in [-0.2, -0.15) is 0 Å². The van der Waals surface area contributed by atoms with Gasteiger partial charge in [0.1, 0.15) is 5.82 Å². The fourth-order valence-corrected chi connectivity index (χ4v) is 3.26. The Kier molecular flexibility index (Phi) is 6.21. The normalized spacial score (nSPS) is 11.0. The van der Waals surface area contributed by atoms with Gasteiger partial charge in [0.25, 0.3) is 0 Å². The van der Waals surface area contributed by atoms with Gasteiger partial charge >= 0.3 is 5.97 Å². The molecule has 146 valence electrons. The Hall–Kier alpha value is -2.99. The molecule has 0 radical (unpaired) electrons. The van der Waals surface area contributed by atoms with Gasteiger partial charge in [-0.15, -0.1) is 0 Å². The third-order valence-electron chi connectivity index (χ3n) is 4.86. The molecule has 0 saturated heterocycles. The number of nitrogens with two attached hydrogens (primary N) is 1. The van der Waals surface area contributed by atoms with Crippen LogP contribution in [-0.4, -0.2) is 35.0 Å². The van der Waals surface area contributed by atoms with Gasteiger partial charge in [-0.05, 0) is 43.1 Å². The Labute approximate surface area is 164 Å². The van der Waals surface area contributed by atoms with Gasteiger partial charge in [0, 0.05) is 31.0 Å². The van der Waals surface area contributed by atoms with Crippen LogP contribution in [0, 0.1) is 0 Å². The van der Waals surface area contributed by atoms with Crippen LogP contribution in [0.15, 0.2) is 42.5 Å². The number of aromatic nitrogens is 2. The highest BCUT2D eigenvalue weighted by atomic mass is 16.5. The first kappa shape index (κ1) is 19.8. The Morgan fingerprint density at radius 3 is 2.54 bits per heavy atom. The molecule has 0 spiro atoms. The second-order valence-corrected chi connectivity index (χ2v) is 6.79. The van der Waals surface area contributed by atoms with E-state index in [-0.39, 0.29) is 18.2 Å². The van der Waals surface area contributed by atoms with E-state index in [1.807, 2.05) is 41.9 Å². The first-order valence-corrected chi connectivity index (χ1v) is 9.39. The summed E-state index contributed by atoms with van der Waals surface area (Å²) in [5, 5.41) is 0. The molecule has 0 bridgehead atoms. The standard InChI is InChI=1S/C22H25N3O3/c1-25-19-11-10-17(20(26)4-3-5-21(27)28-2)14-18(19)24-22(25)16-8-6-15(7-9-16)12-13-23/h6-11,14H,3-5,12-13,23H2,1-2H3. The van der Waals surface area contributed by atoms with Gasteiger partial charge < -0.3 is 15.0 Å². The van der Waals surface area contributed by atoms with Crippen molar-refractivity contribution >= 4 is 22.8 Å². The van der Waals surface area contributed by atoms with Crippen molar-refractivity contribution in [1.29, 1.82) is 0 Å². The number of Topliss-reactive ketones (excluding diaryl/α,β-unsaturated/α-hetero) is 1. The van der Waals surface area contributed by atoms with Gasteiger partial charge in [0.05, 0.1) is 18.1 Å². The number of imidazole rings is 1. The smallest absolute Gasteiger partial charge is 0.305 e. The zero-order chi connectivity index (χ0) is 20.1. The number of methoxy groups -OCH3 is 1. The summed E-state index contributed by atoms with van der Waals surface area (Å²) in [6, 6.07) is 13.8. The van der Waals surface area contributed by atoms with Gasteiger partial charge in [-0.25, -0.2) is 4.98 Å². The molecule has 6 heteroatoms. The fraction of sp³-hybridized carbons (Fsp3) is 0.318. The van der Waals surface area contributed by atoms with Crippen LogP contribution in [0.1, 0.15) is 35.2 Å². The number of carbonyl (C=O) groups excluding carboxylic acids is 2. The molecule has 3 rings (SSSR count). The molecule has 0 fully saturated rings. The summed E-state index contributed by atoms with van der Waals surface area (Å²) >= 11 is 0. The zero-order valence-corrected chi connectivity index (χ0v) is 16.3. The number of fused-ring (bicyclic) bond motifs is 1. The quantitative estimate of drug-likeness (QED) is 0.479. The summed E-state index contributed by atoms with van der Waals surface area (Å²) in [5.41, 5.74) is 10.2. The van der Waals surface area contributed by atoms with Crippen LogP contribution < -0.4 is 5.73 Å². The van der Waals surface area contributed by atoms with Crippen LogP contribution in [-0.2, 0) is 23.0 Å². The maximum Gasteiger partial charge on any atom is 0.305 e. The zero-order valence-electron chi connectivity index (χ0n) is 16.3. The number of aryl methyl sites for hydroxylation is 1. The third-order valence-corrected chi connectivity index (χ3v) is 4.86. The molecule has 1 aromatic heterocycles. The summed E-state index contributed by atoms with van der Waals surface area (Å²) in [6.07, 6.45) is 1.89. The number of esters is 1. The highest BCUT2D eigenvalue weighted by Gasteiger charge is 2.13. The van der Waals surface area contributed by atoms with Gasteiger partial charge in [-0.1, -0.05) is 24.3 Å². The van der Waals surface area contributed by atoms with Crippen molar-refractivity contribution in [3.63, 3.8) is 0 Å². The minimum atomic E-state index is -0.296. The first-order valence-electron chi connectivity index (χ1n) is 9.39. The third kappa shape index (κ3) is 4.28. The molecule has 0 amide bonds. The number of ether oxygens (including phenoxy) is 1. The maximum atomic E-state index is 12.4. The second-order valence-electron chi connectivity index (χ2n) is 6.79. The average Bonchev–Trinajstić information content (AvgIpc) is 3.04. The van der Waals surface area contributed by atoms with Crippen LogP contribution in [0.3, 0.4) is 0 Å². The van der Waals surface area contributed by atoms with E-state index in [9.17, 15) is 9.59 Å². The van der Waals surface area contributed by atoms with Crippen molar-refractivity contribution in [3.8, 4) is 11.4 Å². The van der Waals surface area contributed by atoms with Gasteiger partial charge in [0.15, 0.2) is 5.78 Å². The molecule has 0 unspecified atom stereocenters. The molecule has 0 aliphatic rings. The topological polar surface area (TPSA) is 87.2 Å². The minimum Gasteiger partial charge on any atom is -0.469 e. The Bertz CT molecular complexity index is 990. The van der Waals surface area contributed by atoms with Crippen LogP contribution >= 0.6 is 0 Å². The number of hydrogen-bond donors (Lipinski definition) is 1. The number of ketones is 1. The number of hydrogen-bond acceptors (Lipinski definition) is 5. The van der Waals surface area contributed by atoms with E-state index in [2.05, 4.69) is 16.9 Å². The second kappa shape index (κ2) is 8.80. The van der Waals surface area contributed by atoms with Crippen LogP contribution in [0.4, 0.5) is 0 Å². The molecule has 28 heavy (non-hydrogen) atoms. The summed E-state index contributed by atoms with van der Waals surface area (Å²) in [4.78, 5) is 28.3. The largest absolute Gasteiger partial charge is 0.469 e. The summed E-state index contributed by atoms with van der Waals surface area (Å²) < 4.78 is 6.63. The molecule has 1 heterocycles. The lowest BCUT2D eigenvalue weighted by molar-refractivity contribution is -0.140. The highest BCUT2D eigenvalue weighted by Crippen LogP contribution is 2.25. The SMILES string of the molecule is COC(=O)CCCC(=O)c1ccc2c(c1)nc(-c1ccc(CCN)cc1)n2C. The molecule has 2 N–H and O–H groups in total.